The van der Waals surface area contributed by atoms with Crippen LogP contribution in [0.2, 0.25) is 0 Å². The summed E-state index contributed by atoms with van der Waals surface area (Å²) in [6, 6.07) is 10.9. The summed E-state index contributed by atoms with van der Waals surface area (Å²) in [4.78, 5) is 29.0. The summed E-state index contributed by atoms with van der Waals surface area (Å²) in [5, 5.41) is 9.42. The number of likely N-dealkylation sites (tertiary alicyclic amines) is 1. The molecule has 12 heteroatoms. The van der Waals surface area contributed by atoms with Crippen LogP contribution in [0.1, 0.15) is 43.2 Å². The molecule has 3 heterocycles. The first kappa shape index (κ1) is 27.0. The lowest BCUT2D eigenvalue weighted by atomic mass is 9.94. The second kappa shape index (κ2) is 11.5. The first-order valence-electron chi connectivity index (χ1n) is 12.6. The van der Waals surface area contributed by atoms with Gasteiger partial charge in [-0.15, -0.1) is 0 Å². The average molecular weight is 535 g/mol. The van der Waals surface area contributed by atoms with Crippen molar-refractivity contribution in [2.24, 2.45) is 0 Å². The summed E-state index contributed by atoms with van der Waals surface area (Å²) in [5.74, 6) is -0.389. The number of furan rings is 1. The van der Waals surface area contributed by atoms with E-state index < -0.39 is 20.7 Å². The highest BCUT2D eigenvalue weighted by molar-refractivity contribution is 7.91. The summed E-state index contributed by atoms with van der Waals surface area (Å²) in [5.41, 5.74) is 2.53. The van der Waals surface area contributed by atoms with E-state index in [0.29, 0.717) is 19.7 Å². The Hall–Kier alpha value is -3.09. The number of piperidine rings is 1. The van der Waals surface area contributed by atoms with Gasteiger partial charge in [0.25, 0.3) is 11.8 Å². The maximum atomic E-state index is 13.8. The van der Waals surface area contributed by atoms with Gasteiger partial charge in [-0.2, -0.15) is 4.31 Å². The van der Waals surface area contributed by atoms with Gasteiger partial charge in [-0.1, -0.05) is 13.3 Å². The number of anilines is 1. The van der Waals surface area contributed by atoms with Crippen LogP contribution in [0.5, 0.6) is 5.75 Å². The highest BCUT2D eigenvalue weighted by atomic mass is 32.2. The summed E-state index contributed by atoms with van der Waals surface area (Å²) >= 11 is 0. The Balaban J connectivity index is 1.41. The summed E-state index contributed by atoms with van der Waals surface area (Å²) in [7, 11) is -4.13. The second-order valence-corrected chi connectivity index (χ2v) is 11.5. The lowest BCUT2D eigenvalue weighted by molar-refractivity contribution is -0.133. The molecule has 11 nitrogen and oxygen atoms in total. The highest BCUT2D eigenvalue weighted by Crippen LogP contribution is 2.35. The van der Waals surface area contributed by atoms with E-state index in [-0.39, 0.29) is 50.7 Å². The zero-order valence-electron chi connectivity index (χ0n) is 21.0. The average Bonchev–Trinajstić information content (AvgIpc) is 3.48. The van der Waals surface area contributed by atoms with E-state index in [1.54, 1.807) is 11.5 Å². The van der Waals surface area contributed by atoms with Crippen LogP contribution in [0.3, 0.4) is 0 Å². The molecule has 0 saturated carbocycles. The number of rotatable bonds is 9. The third-order valence-electron chi connectivity index (χ3n) is 7.15. The van der Waals surface area contributed by atoms with E-state index in [9.17, 15) is 23.2 Å². The number of nitrogens with one attached hydrogen (secondary N) is 1. The maximum Gasteiger partial charge on any atom is 0.289 e. The van der Waals surface area contributed by atoms with Crippen molar-refractivity contribution in [3.63, 3.8) is 0 Å². The molecule has 2 N–H and O–H groups in total. The van der Waals surface area contributed by atoms with Crippen LogP contribution in [-0.2, 0) is 14.8 Å². The Morgan fingerprint density at radius 1 is 1.05 bits per heavy atom. The van der Waals surface area contributed by atoms with Crippen molar-refractivity contribution in [3.05, 3.63) is 48.4 Å². The molecule has 2 aromatic rings. The second-order valence-electron chi connectivity index (χ2n) is 9.29. The number of ether oxygens (including phenoxy) is 1. The molecule has 1 aromatic carbocycles. The van der Waals surface area contributed by atoms with Crippen molar-refractivity contribution >= 4 is 27.5 Å². The summed E-state index contributed by atoms with van der Waals surface area (Å²) < 4.78 is 37.9. The number of amides is 2. The number of hydroxylamine groups is 1. The van der Waals surface area contributed by atoms with Crippen LogP contribution in [-0.4, -0.2) is 85.3 Å². The standard InChI is InChI=1S/C25H34N4O7S/c1-2-3-18-35-21-8-6-20(7-9-21)27-14-16-29(17-15-27)37(33,34)25(24(31)26-32)10-12-28(13-11-25)23(30)22-5-4-19-36-22/h4-9,19,32H,2-3,10-18H2,1H3,(H,26,31). The zero-order valence-corrected chi connectivity index (χ0v) is 21.8. The minimum Gasteiger partial charge on any atom is -0.494 e. The minimum absolute atomic E-state index is 0.0405. The van der Waals surface area contributed by atoms with Crippen LogP contribution in [0, 0.1) is 0 Å². The molecule has 0 bridgehead atoms. The Morgan fingerprint density at radius 3 is 2.30 bits per heavy atom. The van der Waals surface area contributed by atoms with Gasteiger partial charge >= 0.3 is 0 Å². The topological polar surface area (TPSA) is 133 Å². The molecule has 0 atom stereocenters. The Morgan fingerprint density at radius 2 is 1.73 bits per heavy atom. The van der Waals surface area contributed by atoms with Gasteiger partial charge in [0.2, 0.25) is 10.0 Å². The molecule has 37 heavy (non-hydrogen) atoms. The van der Waals surface area contributed by atoms with Crippen LogP contribution in [0.15, 0.2) is 47.1 Å². The van der Waals surface area contributed by atoms with Crippen molar-refractivity contribution in [1.82, 2.24) is 14.7 Å². The van der Waals surface area contributed by atoms with E-state index in [0.717, 1.165) is 24.3 Å². The fraction of sp³-hybridized carbons (Fsp3) is 0.520. The van der Waals surface area contributed by atoms with Crippen LogP contribution >= 0.6 is 0 Å². The van der Waals surface area contributed by atoms with E-state index in [1.165, 1.54) is 21.5 Å². The number of hydrogen-bond acceptors (Lipinski definition) is 8. The highest BCUT2D eigenvalue weighted by Gasteiger charge is 2.55. The van der Waals surface area contributed by atoms with Crippen LogP contribution in [0.25, 0.3) is 0 Å². The molecule has 2 fully saturated rings. The molecule has 1 aromatic heterocycles. The molecule has 2 aliphatic heterocycles. The third-order valence-corrected chi connectivity index (χ3v) is 9.77. The number of carbonyl (C=O) groups excluding carboxylic acids is 2. The molecule has 2 aliphatic rings. The lowest BCUT2D eigenvalue weighted by Gasteiger charge is -2.44. The number of unbranched alkanes of at least 4 members (excludes halogenated alkanes) is 1. The fourth-order valence-corrected chi connectivity index (χ4v) is 6.97. The Bertz CT molecular complexity index is 1150. The number of hydrogen-bond donors (Lipinski definition) is 2. The fourth-order valence-electron chi connectivity index (χ4n) is 4.85. The van der Waals surface area contributed by atoms with Crippen LogP contribution in [0.4, 0.5) is 5.69 Å². The minimum atomic E-state index is -4.13. The van der Waals surface area contributed by atoms with Crippen molar-refractivity contribution in [2.45, 2.75) is 37.4 Å². The normalized spacial score (nSPS) is 18.4. The largest absolute Gasteiger partial charge is 0.494 e. The number of benzene rings is 1. The van der Waals surface area contributed by atoms with Gasteiger partial charge in [0, 0.05) is 45.0 Å². The van der Waals surface area contributed by atoms with Gasteiger partial charge in [0.15, 0.2) is 10.5 Å². The van der Waals surface area contributed by atoms with Gasteiger partial charge in [-0.25, -0.2) is 13.9 Å². The number of carbonyl (C=O) groups is 2. The molecule has 4 rings (SSSR count). The van der Waals surface area contributed by atoms with Gasteiger partial charge < -0.3 is 19.0 Å². The van der Waals surface area contributed by atoms with Crippen molar-refractivity contribution in [1.29, 1.82) is 0 Å². The first-order valence-corrected chi connectivity index (χ1v) is 14.0. The summed E-state index contributed by atoms with van der Waals surface area (Å²) in [6.07, 6.45) is 3.18. The van der Waals surface area contributed by atoms with Crippen LogP contribution < -0.4 is 15.1 Å². The van der Waals surface area contributed by atoms with Gasteiger partial charge in [0.1, 0.15) is 5.75 Å². The monoisotopic (exact) mass is 534 g/mol. The number of piperazine rings is 1. The summed E-state index contributed by atoms with van der Waals surface area (Å²) in [6.45, 7) is 4.17. The lowest BCUT2D eigenvalue weighted by Crippen LogP contribution is -2.64. The molecule has 0 spiro atoms. The first-order chi connectivity index (χ1) is 17.8. The molecule has 0 unspecified atom stereocenters. The van der Waals surface area contributed by atoms with E-state index in [2.05, 4.69) is 11.8 Å². The van der Waals surface area contributed by atoms with Crippen molar-refractivity contribution < 1.29 is 32.4 Å². The Kier molecular flexibility index (Phi) is 8.40. The smallest absolute Gasteiger partial charge is 0.289 e. The third kappa shape index (κ3) is 5.46. The Labute approximate surface area is 217 Å². The molecule has 0 radical (unpaired) electrons. The molecular formula is C25H34N4O7S. The molecule has 0 aliphatic carbocycles. The quantitative estimate of drug-likeness (QED) is 0.284. The predicted octanol–water partition coefficient (Wildman–Crippen LogP) is 2.09. The van der Waals surface area contributed by atoms with Gasteiger partial charge in [-0.3, -0.25) is 14.8 Å². The number of sulfonamides is 1. The van der Waals surface area contributed by atoms with E-state index >= 15 is 0 Å². The van der Waals surface area contributed by atoms with E-state index in [4.69, 9.17) is 9.15 Å². The van der Waals surface area contributed by atoms with Crippen molar-refractivity contribution in [3.8, 4) is 5.75 Å². The zero-order chi connectivity index (χ0) is 26.5. The molecular weight excluding hydrogens is 500 g/mol. The van der Waals surface area contributed by atoms with Crippen molar-refractivity contribution in [2.75, 3.05) is 50.8 Å². The molecule has 2 saturated heterocycles. The van der Waals surface area contributed by atoms with Gasteiger partial charge in [0.05, 0.1) is 12.9 Å². The number of nitrogens with zero attached hydrogens (tertiary/aromatic N) is 3. The van der Waals surface area contributed by atoms with E-state index in [1.807, 2.05) is 24.3 Å². The maximum absolute atomic E-state index is 13.8. The van der Waals surface area contributed by atoms with Gasteiger partial charge in [-0.05, 0) is 55.7 Å². The molecule has 202 valence electrons. The molecule has 2 amide bonds. The SMILES string of the molecule is CCCCOc1ccc(N2CCN(S(=O)(=O)C3(C(=O)NO)CCN(C(=O)c4ccco4)CC3)CC2)cc1. The predicted molar refractivity (Wildman–Crippen MR) is 136 cm³/mol.